The molecule has 0 saturated carbocycles. The summed E-state index contributed by atoms with van der Waals surface area (Å²) < 4.78 is 5.92. The highest BCUT2D eigenvalue weighted by Gasteiger charge is 2.04. The molecule has 0 bridgehead atoms. The largest absolute Gasteiger partial charge is 0.420 e. The fourth-order valence-electron chi connectivity index (χ4n) is 1.59. The van der Waals surface area contributed by atoms with Gasteiger partial charge in [-0.2, -0.15) is 0 Å². The molecule has 2 heteroatoms. The van der Waals surface area contributed by atoms with Gasteiger partial charge in [0.2, 0.25) is 0 Å². The Bertz CT molecular complexity index is 298. The minimum atomic E-state index is -0.471. The highest BCUT2D eigenvalue weighted by molar-refractivity contribution is 6.26. The summed E-state index contributed by atoms with van der Waals surface area (Å²) in [5, 5.41) is 0. The minimum absolute atomic E-state index is 0.297. The lowest BCUT2D eigenvalue weighted by Gasteiger charge is -2.14. The molecule has 0 N–H and O–H groups in total. The molecule has 1 nitrogen and oxygen atoms in total. The summed E-state index contributed by atoms with van der Waals surface area (Å²) in [7, 11) is -0.471. The van der Waals surface area contributed by atoms with Crippen molar-refractivity contribution in [3.8, 4) is 0 Å². The Morgan fingerprint density at radius 2 is 1.75 bits per heavy atom. The van der Waals surface area contributed by atoms with Gasteiger partial charge in [0, 0.05) is 0 Å². The summed E-state index contributed by atoms with van der Waals surface area (Å²) in [4.78, 5) is 0. The van der Waals surface area contributed by atoms with Gasteiger partial charge in [0.25, 0.3) is 0 Å². The predicted octanol–water partition coefficient (Wildman–Crippen LogP) is 2.81. The standard InChI is InChI=1S/C14H20OSi/c1-3-8-14(9-4-2)15-16-12-13-10-6-5-7-11-13/h3-7,10-11,14H,1-2,8-9,12,16H2. The van der Waals surface area contributed by atoms with Gasteiger partial charge in [0.05, 0.1) is 6.10 Å². The second-order valence-corrected chi connectivity index (χ2v) is 5.02. The van der Waals surface area contributed by atoms with Crippen LogP contribution in [0.15, 0.2) is 55.6 Å². The van der Waals surface area contributed by atoms with E-state index in [4.69, 9.17) is 4.43 Å². The molecule has 0 atom stereocenters. The number of rotatable bonds is 8. The zero-order chi connectivity index (χ0) is 11.6. The molecule has 0 amide bonds. The fourth-order valence-corrected chi connectivity index (χ4v) is 2.88. The number of benzene rings is 1. The smallest absolute Gasteiger partial charge is 0.166 e. The van der Waals surface area contributed by atoms with Gasteiger partial charge >= 0.3 is 0 Å². The van der Waals surface area contributed by atoms with Gasteiger partial charge in [-0.25, -0.2) is 0 Å². The molecular formula is C14H20OSi. The third kappa shape index (κ3) is 5.10. The maximum Gasteiger partial charge on any atom is 0.166 e. The van der Waals surface area contributed by atoms with E-state index in [-0.39, 0.29) is 0 Å². The first-order valence-corrected chi connectivity index (χ1v) is 7.32. The maximum absolute atomic E-state index is 5.92. The fraction of sp³-hybridized carbons (Fsp3) is 0.286. The van der Waals surface area contributed by atoms with E-state index in [1.165, 1.54) is 5.56 Å². The molecule has 1 aromatic rings. The van der Waals surface area contributed by atoms with Gasteiger partial charge in [-0.1, -0.05) is 42.5 Å². The lowest BCUT2D eigenvalue weighted by molar-refractivity contribution is 0.218. The summed E-state index contributed by atoms with van der Waals surface area (Å²) >= 11 is 0. The first-order chi connectivity index (χ1) is 7.86. The highest BCUT2D eigenvalue weighted by atomic mass is 28.2. The molecule has 0 aliphatic rings. The van der Waals surface area contributed by atoms with E-state index >= 15 is 0 Å². The molecule has 0 heterocycles. The van der Waals surface area contributed by atoms with Crippen LogP contribution in [-0.2, 0) is 10.5 Å². The molecule has 0 aliphatic heterocycles. The highest BCUT2D eigenvalue weighted by Crippen LogP contribution is 2.06. The minimum Gasteiger partial charge on any atom is -0.420 e. The SMILES string of the molecule is C=CCC(CC=C)O[SiH2]Cc1ccccc1. The zero-order valence-electron chi connectivity index (χ0n) is 9.77. The molecule has 1 aromatic carbocycles. The third-order valence-corrected chi connectivity index (χ3v) is 3.93. The van der Waals surface area contributed by atoms with Gasteiger partial charge in [-0.3, -0.25) is 0 Å². The molecule has 0 aliphatic carbocycles. The molecule has 1 rings (SSSR count). The maximum atomic E-state index is 5.92. The van der Waals surface area contributed by atoms with E-state index in [2.05, 4.69) is 37.4 Å². The van der Waals surface area contributed by atoms with Gasteiger partial charge in [0.15, 0.2) is 9.76 Å². The van der Waals surface area contributed by atoms with Gasteiger partial charge in [-0.15, -0.1) is 13.2 Å². The molecule has 16 heavy (non-hydrogen) atoms. The summed E-state index contributed by atoms with van der Waals surface area (Å²) in [5.41, 5.74) is 1.38. The second-order valence-electron chi connectivity index (χ2n) is 3.78. The van der Waals surface area contributed by atoms with Crippen molar-refractivity contribution in [3.63, 3.8) is 0 Å². The van der Waals surface area contributed by atoms with E-state index in [0.717, 1.165) is 18.9 Å². The van der Waals surface area contributed by atoms with Crippen molar-refractivity contribution in [3.05, 3.63) is 61.2 Å². The topological polar surface area (TPSA) is 9.23 Å². The number of hydrogen-bond donors (Lipinski definition) is 0. The van der Waals surface area contributed by atoms with Crippen LogP contribution in [0.4, 0.5) is 0 Å². The molecule has 0 aromatic heterocycles. The molecule has 0 radical (unpaired) electrons. The Morgan fingerprint density at radius 3 is 2.31 bits per heavy atom. The average molecular weight is 232 g/mol. The first kappa shape index (κ1) is 12.9. The molecule has 0 unspecified atom stereocenters. The van der Waals surface area contributed by atoms with E-state index in [9.17, 15) is 0 Å². The molecule has 0 saturated heterocycles. The lowest BCUT2D eigenvalue weighted by Crippen LogP contribution is -2.15. The second kappa shape index (κ2) is 8.08. The quantitative estimate of drug-likeness (QED) is 0.495. The van der Waals surface area contributed by atoms with E-state index in [0.29, 0.717) is 6.10 Å². The molecular weight excluding hydrogens is 212 g/mol. The normalized spacial score (nSPS) is 11.1. The van der Waals surface area contributed by atoms with Crippen molar-refractivity contribution >= 4 is 9.76 Å². The summed E-state index contributed by atoms with van der Waals surface area (Å²) in [6, 6.07) is 11.6. The first-order valence-electron chi connectivity index (χ1n) is 5.74. The molecule has 0 spiro atoms. The van der Waals surface area contributed by atoms with Crippen molar-refractivity contribution < 1.29 is 4.43 Å². The van der Waals surface area contributed by atoms with Crippen LogP contribution in [0.5, 0.6) is 0 Å². The Hall–Kier alpha value is -1.12. The van der Waals surface area contributed by atoms with Crippen molar-refractivity contribution in [1.29, 1.82) is 0 Å². The van der Waals surface area contributed by atoms with Crippen molar-refractivity contribution in [2.45, 2.75) is 25.0 Å². The van der Waals surface area contributed by atoms with Gasteiger partial charge < -0.3 is 4.43 Å². The number of hydrogen-bond acceptors (Lipinski definition) is 1. The van der Waals surface area contributed by atoms with E-state index < -0.39 is 9.76 Å². The van der Waals surface area contributed by atoms with Crippen molar-refractivity contribution in [2.24, 2.45) is 0 Å². The van der Waals surface area contributed by atoms with Crippen LogP contribution in [0.1, 0.15) is 18.4 Å². The Labute approximate surface area is 101 Å². The summed E-state index contributed by atoms with van der Waals surface area (Å²) in [6.07, 6.45) is 5.99. The van der Waals surface area contributed by atoms with Crippen molar-refractivity contribution in [1.82, 2.24) is 0 Å². The Morgan fingerprint density at radius 1 is 1.12 bits per heavy atom. The average Bonchev–Trinajstić information content (AvgIpc) is 2.31. The van der Waals surface area contributed by atoms with Crippen LogP contribution in [0.3, 0.4) is 0 Å². The third-order valence-electron chi connectivity index (χ3n) is 2.45. The van der Waals surface area contributed by atoms with Gasteiger partial charge in [-0.05, 0) is 24.4 Å². The Kier molecular flexibility index (Phi) is 6.54. The predicted molar refractivity (Wildman–Crippen MR) is 73.2 cm³/mol. The van der Waals surface area contributed by atoms with Crippen LogP contribution < -0.4 is 0 Å². The van der Waals surface area contributed by atoms with Crippen molar-refractivity contribution in [2.75, 3.05) is 0 Å². The van der Waals surface area contributed by atoms with Crippen LogP contribution in [-0.4, -0.2) is 15.9 Å². The molecule has 0 fully saturated rings. The monoisotopic (exact) mass is 232 g/mol. The van der Waals surface area contributed by atoms with Crippen LogP contribution in [0, 0.1) is 0 Å². The Balaban J connectivity index is 2.27. The van der Waals surface area contributed by atoms with Gasteiger partial charge in [0.1, 0.15) is 0 Å². The van der Waals surface area contributed by atoms with E-state index in [1.54, 1.807) is 0 Å². The zero-order valence-corrected chi connectivity index (χ0v) is 11.2. The summed E-state index contributed by atoms with van der Waals surface area (Å²) in [6.45, 7) is 7.50. The van der Waals surface area contributed by atoms with Crippen LogP contribution in [0.25, 0.3) is 0 Å². The summed E-state index contributed by atoms with van der Waals surface area (Å²) in [5.74, 6) is 0. The van der Waals surface area contributed by atoms with E-state index in [1.807, 2.05) is 18.2 Å². The van der Waals surface area contributed by atoms with Crippen LogP contribution >= 0.6 is 0 Å². The lowest BCUT2D eigenvalue weighted by atomic mass is 10.2. The van der Waals surface area contributed by atoms with Crippen LogP contribution in [0.2, 0.25) is 0 Å². The molecule has 86 valence electrons.